The molecule has 1 heterocycles. The van der Waals surface area contributed by atoms with Crippen molar-refractivity contribution < 1.29 is 13.9 Å². The van der Waals surface area contributed by atoms with Gasteiger partial charge in [0.15, 0.2) is 12.2 Å². The van der Waals surface area contributed by atoms with Crippen molar-refractivity contribution in [2.24, 2.45) is 0 Å². The topological polar surface area (TPSA) is 64.4 Å². The average molecular weight is 344 g/mol. The Balaban J connectivity index is 1.96. The molecular formula is C20H28N2O3. The summed E-state index contributed by atoms with van der Waals surface area (Å²) in [6.45, 7) is 10.5. The molecule has 0 aliphatic carbocycles. The number of alkyl carbamates (subject to hydrolysis) is 1. The first kappa shape index (κ1) is 19.0. The molecule has 0 bridgehead atoms. The van der Waals surface area contributed by atoms with Crippen LogP contribution in [0.15, 0.2) is 35.2 Å². The summed E-state index contributed by atoms with van der Waals surface area (Å²) < 4.78 is 10.7. The Labute approximate surface area is 149 Å². The summed E-state index contributed by atoms with van der Waals surface area (Å²) in [7, 11) is 0. The van der Waals surface area contributed by atoms with Crippen LogP contribution in [0.2, 0.25) is 0 Å². The van der Waals surface area contributed by atoms with E-state index in [2.05, 4.69) is 42.3 Å². The van der Waals surface area contributed by atoms with Crippen LogP contribution in [0.1, 0.15) is 58.1 Å². The van der Waals surface area contributed by atoms with Gasteiger partial charge in [-0.1, -0.05) is 19.9 Å². The largest absolute Gasteiger partial charge is 0.444 e. The molecule has 1 aromatic heterocycles. The third-order valence-corrected chi connectivity index (χ3v) is 3.71. The normalized spacial score (nSPS) is 11.6. The van der Waals surface area contributed by atoms with Crippen molar-refractivity contribution in [1.29, 1.82) is 0 Å². The molecule has 2 rings (SSSR count). The van der Waals surface area contributed by atoms with Crippen LogP contribution in [0.25, 0.3) is 11.3 Å². The third-order valence-electron chi connectivity index (χ3n) is 3.71. The molecule has 5 heteroatoms. The Bertz CT molecular complexity index is 685. The minimum absolute atomic E-state index is 0.370. The molecule has 1 N–H and O–H groups in total. The second-order valence-electron chi connectivity index (χ2n) is 7.52. The lowest BCUT2D eigenvalue weighted by Crippen LogP contribution is -2.33. The van der Waals surface area contributed by atoms with Gasteiger partial charge in [-0.25, -0.2) is 9.78 Å². The molecule has 0 saturated carbocycles. The Morgan fingerprint density at radius 1 is 1.28 bits per heavy atom. The molecule has 25 heavy (non-hydrogen) atoms. The molecule has 0 atom stereocenters. The molecule has 0 radical (unpaired) electrons. The zero-order valence-corrected chi connectivity index (χ0v) is 15.8. The highest BCUT2D eigenvalue weighted by atomic mass is 16.6. The van der Waals surface area contributed by atoms with E-state index in [4.69, 9.17) is 9.15 Å². The van der Waals surface area contributed by atoms with E-state index in [1.807, 2.05) is 20.8 Å². The SMILES string of the molecule is CC(C)c1cc(CCCNC(=O)OC(C)(C)C)cc(-c2cnco2)c1. The fourth-order valence-corrected chi connectivity index (χ4v) is 2.49. The molecule has 0 saturated heterocycles. The van der Waals surface area contributed by atoms with Crippen LogP contribution in [-0.2, 0) is 11.2 Å². The number of hydrogen-bond donors (Lipinski definition) is 1. The Kier molecular flexibility index (Phi) is 6.23. The quantitative estimate of drug-likeness (QED) is 0.755. The number of amides is 1. The number of aromatic nitrogens is 1. The number of oxazole rings is 1. The summed E-state index contributed by atoms with van der Waals surface area (Å²) in [4.78, 5) is 15.7. The molecule has 1 aromatic carbocycles. The number of carbonyl (C=O) groups is 1. The van der Waals surface area contributed by atoms with Crippen molar-refractivity contribution in [3.63, 3.8) is 0 Å². The number of nitrogens with zero attached hydrogens (tertiary/aromatic N) is 1. The maximum Gasteiger partial charge on any atom is 0.407 e. The molecule has 136 valence electrons. The van der Waals surface area contributed by atoms with E-state index in [0.717, 1.165) is 24.2 Å². The maximum absolute atomic E-state index is 11.7. The van der Waals surface area contributed by atoms with Gasteiger partial charge in [0.05, 0.1) is 6.20 Å². The molecule has 2 aromatic rings. The van der Waals surface area contributed by atoms with Crippen molar-refractivity contribution in [3.8, 4) is 11.3 Å². The van der Waals surface area contributed by atoms with Crippen LogP contribution in [-0.4, -0.2) is 23.2 Å². The lowest BCUT2D eigenvalue weighted by molar-refractivity contribution is 0.0527. The minimum Gasteiger partial charge on any atom is -0.444 e. The van der Waals surface area contributed by atoms with Crippen LogP contribution in [0.3, 0.4) is 0 Å². The summed E-state index contributed by atoms with van der Waals surface area (Å²) >= 11 is 0. The lowest BCUT2D eigenvalue weighted by atomic mass is 9.95. The summed E-state index contributed by atoms with van der Waals surface area (Å²) in [5, 5.41) is 2.80. The second-order valence-corrected chi connectivity index (χ2v) is 7.52. The number of benzene rings is 1. The summed E-state index contributed by atoms with van der Waals surface area (Å²) in [5.74, 6) is 1.21. The van der Waals surface area contributed by atoms with Gasteiger partial charge in [0, 0.05) is 12.1 Å². The minimum atomic E-state index is -0.471. The predicted molar refractivity (Wildman–Crippen MR) is 98.6 cm³/mol. The molecule has 0 aliphatic heterocycles. The molecule has 0 unspecified atom stereocenters. The van der Waals surface area contributed by atoms with Crippen LogP contribution >= 0.6 is 0 Å². The molecule has 0 spiro atoms. The molecule has 1 amide bonds. The first-order valence-electron chi connectivity index (χ1n) is 8.74. The van der Waals surface area contributed by atoms with Gasteiger partial charge in [0.25, 0.3) is 0 Å². The van der Waals surface area contributed by atoms with Gasteiger partial charge >= 0.3 is 6.09 Å². The van der Waals surface area contributed by atoms with Crippen molar-refractivity contribution >= 4 is 6.09 Å². The van der Waals surface area contributed by atoms with E-state index >= 15 is 0 Å². The number of hydrogen-bond acceptors (Lipinski definition) is 4. The fourth-order valence-electron chi connectivity index (χ4n) is 2.49. The maximum atomic E-state index is 11.7. The van der Waals surface area contributed by atoms with Gasteiger partial charge < -0.3 is 14.5 Å². The Morgan fingerprint density at radius 2 is 2.04 bits per heavy atom. The summed E-state index contributed by atoms with van der Waals surface area (Å²) in [6.07, 6.45) is 4.52. The first-order valence-corrected chi connectivity index (χ1v) is 8.74. The average Bonchev–Trinajstić information content (AvgIpc) is 3.04. The van der Waals surface area contributed by atoms with Crippen LogP contribution in [0.4, 0.5) is 4.79 Å². The van der Waals surface area contributed by atoms with Crippen LogP contribution in [0.5, 0.6) is 0 Å². The first-order chi connectivity index (χ1) is 11.7. The zero-order valence-electron chi connectivity index (χ0n) is 15.8. The van der Waals surface area contributed by atoms with E-state index in [9.17, 15) is 4.79 Å². The monoisotopic (exact) mass is 344 g/mol. The molecule has 5 nitrogen and oxygen atoms in total. The van der Waals surface area contributed by atoms with E-state index in [-0.39, 0.29) is 6.09 Å². The van der Waals surface area contributed by atoms with Gasteiger partial charge in [0.2, 0.25) is 0 Å². The number of rotatable bonds is 6. The molecule has 0 aliphatic rings. The summed E-state index contributed by atoms with van der Waals surface area (Å²) in [6, 6.07) is 6.49. The van der Waals surface area contributed by atoms with E-state index in [0.29, 0.717) is 12.5 Å². The van der Waals surface area contributed by atoms with E-state index in [1.165, 1.54) is 17.5 Å². The highest BCUT2D eigenvalue weighted by molar-refractivity contribution is 5.67. The van der Waals surface area contributed by atoms with Crippen molar-refractivity contribution in [2.75, 3.05) is 6.54 Å². The van der Waals surface area contributed by atoms with Crippen molar-refractivity contribution in [2.45, 2.75) is 59.0 Å². The second kappa shape index (κ2) is 8.19. The van der Waals surface area contributed by atoms with Crippen LogP contribution in [0, 0.1) is 0 Å². The molecule has 0 fully saturated rings. The Hall–Kier alpha value is -2.30. The highest BCUT2D eigenvalue weighted by Crippen LogP contribution is 2.26. The smallest absolute Gasteiger partial charge is 0.407 e. The van der Waals surface area contributed by atoms with Gasteiger partial charge in [-0.3, -0.25) is 0 Å². The number of nitrogens with one attached hydrogen (secondary N) is 1. The third kappa shape index (κ3) is 6.25. The van der Waals surface area contributed by atoms with Gasteiger partial charge in [-0.2, -0.15) is 0 Å². The predicted octanol–water partition coefficient (Wildman–Crippen LogP) is 4.92. The van der Waals surface area contributed by atoms with E-state index < -0.39 is 5.60 Å². The number of ether oxygens (including phenoxy) is 1. The van der Waals surface area contributed by atoms with Crippen molar-refractivity contribution in [3.05, 3.63) is 41.9 Å². The number of aryl methyl sites for hydroxylation is 1. The van der Waals surface area contributed by atoms with E-state index in [1.54, 1.807) is 6.20 Å². The zero-order chi connectivity index (χ0) is 18.4. The lowest BCUT2D eigenvalue weighted by Gasteiger charge is -2.19. The standard InChI is InChI=1S/C20H28N2O3/c1-14(2)16-9-15(10-17(11-16)18-12-21-13-24-18)7-6-8-22-19(23)25-20(3,4)5/h9-14H,6-8H2,1-5H3,(H,22,23). The Morgan fingerprint density at radius 3 is 2.64 bits per heavy atom. The van der Waals surface area contributed by atoms with Crippen LogP contribution < -0.4 is 5.32 Å². The summed E-state index contributed by atoms with van der Waals surface area (Å²) in [5.41, 5.74) is 3.06. The number of carbonyl (C=O) groups excluding carboxylic acids is 1. The van der Waals surface area contributed by atoms with Gasteiger partial charge in [0.1, 0.15) is 5.60 Å². The van der Waals surface area contributed by atoms with Crippen molar-refractivity contribution in [1.82, 2.24) is 10.3 Å². The fraction of sp³-hybridized carbons (Fsp3) is 0.500. The van der Waals surface area contributed by atoms with Gasteiger partial charge in [-0.05, 0) is 62.8 Å². The highest BCUT2D eigenvalue weighted by Gasteiger charge is 2.15. The molecular weight excluding hydrogens is 316 g/mol. The van der Waals surface area contributed by atoms with Gasteiger partial charge in [-0.15, -0.1) is 0 Å².